The molecule has 3 aromatic heterocycles. The summed E-state index contributed by atoms with van der Waals surface area (Å²) in [6.07, 6.45) is 3.37. The van der Waals surface area contributed by atoms with Gasteiger partial charge in [-0.15, -0.1) is 0 Å². The maximum absolute atomic E-state index is 12.7. The summed E-state index contributed by atoms with van der Waals surface area (Å²) < 4.78 is 11.4. The van der Waals surface area contributed by atoms with Crippen LogP contribution in [0, 0.1) is 6.92 Å². The molecular formula is C25H27N5O3. The van der Waals surface area contributed by atoms with Gasteiger partial charge in [0.05, 0.1) is 30.5 Å². The Hall–Kier alpha value is -3.94. The molecule has 4 aromatic rings. The largest absolute Gasteiger partial charge is 0.493 e. The second-order valence-electron chi connectivity index (χ2n) is 7.62. The number of hydrogen-bond donors (Lipinski definition) is 2. The van der Waals surface area contributed by atoms with E-state index in [-0.39, 0.29) is 5.91 Å². The van der Waals surface area contributed by atoms with E-state index in [0.717, 1.165) is 35.2 Å². The highest BCUT2D eigenvalue weighted by Crippen LogP contribution is 2.34. The van der Waals surface area contributed by atoms with Gasteiger partial charge in [0.25, 0.3) is 5.91 Å². The molecule has 1 amide bonds. The summed E-state index contributed by atoms with van der Waals surface area (Å²) in [4.78, 5) is 22.0. The number of methoxy groups -OCH3 is 1. The minimum atomic E-state index is -0.138. The summed E-state index contributed by atoms with van der Waals surface area (Å²) in [5.74, 6) is 1.06. The number of aromatic amines is 1. The molecule has 0 saturated heterocycles. The van der Waals surface area contributed by atoms with Crippen LogP contribution >= 0.6 is 0 Å². The van der Waals surface area contributed by atoms with Crippen molar-refractivity contribution < 1.29 is 14.3 Å². The maximum atomic E-state index is 12.7. The van der Waals surface area contributed by atoms with Crippen molar-refractivity contribution >= 4 is 16.8 Å². The van der Waals surface area contributed by atoms with E-state index in [9.17, 15) is 4.79 Å². The first-order chi connectivity index (χ1) is 16.1. The van der Waals surface area contributed by atoms with Crippen LogP contribution in [-0.2, 0) is 6.42 Å². The number of fused-ring (bicyclic) bond motifs is 1. The predicted octanol–water partition coefficient (Wildman–Crippen LogP) is 4.10. The van der Waals surface area contributed by atoms with Crippen molar-refractivity contribution in [3.63, 3.8) is 0 Å². The SMILES string of the molecule is CCOc1cc(-c2ccc(C)nc2OC)nc2cc(C(=O)NCCCc3ccn[nH]3)ccc12. The van der Waals surface area contributed by atoms with Crippen molar-refractivity contribution in [2.75, 3.05) is 20.3 Å². The molecule has 0 aliphatic rings. The van der Waals surface area contributed by atoms with Gasteiger partial charge in [-0.25, -0.2) is 9.97 Å². The number of rotatable bonds is 9. The van der Waals surface area contributed by atoms with Crippen LogP contribution in [0.15, 0.2) is 48.7 Å². The number of aryl methyl sites for hydroxylation is 2. The van der Waals surface area contributed by atoms with Gasteiger partial charge in [-0.1, -0.05) is 0 Å². The van der Waals surface area contributed by atoms with Crippen LogP contribution in [0.25, 0.3) is 22.2 Å². The molecule has 0 spiro atoms. The third-order valence-electron chi connectivity index (χ3n) is 5.27. The van der Waals surface area contributed by atoms with Gasteiger partial charge >= 0.3 is 0 Å². The zero-order valence-corrected chi connectivity index (χ0v) is 19.0. The van der Waals surface area contributed by atoms with Crippen LogP contribution < -0.4 is 14.8 Å². The predicted molar refractivity (Wildman–Crippen MR) is 127 cm³/mol. The Labute approximate surface area is 192 Å². The Morgan fingerprint density at radius 3 is 2.76 bits per heavy atom. The first-order valence-electron chi connectivity index (χ1n) is 10.9. The summed E-state index contributed by atoms with van der Waals surface area (Å²) >= 11 is 0. The van der Waals surface area contributed by atoms with Crippen LogP contribution in [0.5, 0.6) is 11.6 Å². The molecular weight excluding hydrogens is 418 g/mol. The van der Waals surface area contributed by atoms with Crippen molar-refractivity contribution in [2.24, 2.45) is 0 Å². The molecule has 8 heteroatoms. The fourth-order valence-corrected chi connectivity index (χ4v) is 3.64. The molecule has 0 atom stereocenters. The molecule has 0 fully saturated rings. The molecule has 3 heterocycles. The third kappa shape index (κ3) is 5.11. The lowest BCUT2D eigenvalue weighted by Gasteiger charge is -2.13. The Morgan fingerprint density at radius 2 is 2.00 bits per heavy atom. The van der Waals surface area contributed by atoms with Crippen molar-refractivity contribution in [1.29, 1.82) is 0 Å². The number of pyridine rings is 2. The summed E-state index contributed by atoms with van der Waals surface area (Å²) in [7, 11) is 1.59. The lowest BCUT2D eigenvalue weighted by Crippen LogP contribution is -2.24. The van der Waals surface area contributed by atoms with E-state index < -0.39 is 0 Å². The van der Waals surface area contributed by atoms with Crippen LogP contribution in [0.1, 0.15) is 35.1 Å². The number of H-pyrrole nitrogens is 1. The van der Waals surface area contributed by atoms with E-state index >= 15 is 0 Å². The van der Waals surface area contributed by atoms with E-state index in [1.54, 1.807) is 25.4 Å². The normalized spacial score (nSPS) is 10.9. The second-order valence-corrected chi connectivity index (χ2v) is 7.62. The van der Waals surface area contributed by atoms with Crippen molar-refractivity contribution in [3.05, 3.63) is 65.6 Å². The Kier molecular flexibility index (Phi) is 6.83. The highest BCUT2D eigenvalue weighted by Gasteiger charge is 2.15. The van der Waals surface area contributed by atoms with E-state index in [4.69, 9.17) is 14.5 Å². The van der Waals surface area contributed by atoms with Gasteiger partial charge in [-0.05, 0) is 63.1 Å². The van der Waals surface area contributed by atoms with Crippen LogP contribution in [0.2, 0.25) is 0 Å². The molecule has 0 aliphatic heterocycles. The van der Waals surface area contributed by atoms with E-state index in [1.807, 2.05) is 44.2 Å². The molecule has 0 unspecified atom stereocenters. The minimum absolute atomic E-state index is 0.138. The standard InChI is InChI=1S/C25H27N5O3/c1-4-33-23-15-22(20-9-7-16(2)28-25(20)32-3)29-21-14-17(8-10-19(21)23)24(31)26-12-5-6-18-11-13-27-30-18/h7-11,13-15H,4-6,12H2,1-3H3,(H,26,31)(H,27,30). The fraction of sp³-hybridized carbons (Fsp3) is 0.280. The Balaban J connectivity index is 1.61. The van der Waals surface area contributed by atoms with Crippen molar-refractivity contribution in [1.82, 2.24) is 25.5 Å². The van der Waals surface area contributed by atoms with Crippen LogP contribution in [0.4, 0.5) is 0 Å². The molecule has 33 heavy (non-hydrogen) atoms. The number of benzene rings is 1. The van der Waals surface area contributed by atoms with Gasteiger partial charge in [0.2, 0.25) is 5.88 Å². The maximum Gasteiger partial charge on any atom is 0.251 e. The Morgan fingerprint density at radius 1 is 1.12 bits per heavy atom. The number of aromatic nitrogens is 4. The summed E-state index contributed by atoms with van der Waals surface area (Å²) in [6, 6.07) is 13.1. The smallest absolute Gasteiger partial charge is 0.251 e. The van der Waals surface area contributed by atoms with E-state index in [0.29, 0.717) is 41.6 Å². The van der Waals surface area contributed by atoms with E-state index in [1.165, 1.54) is 0 Å². The summed E-state index contributed by atoms with van der Waals surface area (Å²) in [5, 5.41) is 10.7. The molecule has 0 bridgehead atoms. The van der Waals surface area contributed by atoms with Gasteiger partial charge in [0, 0.05) is 41.1 Å². The number of nitrogens with zero attached hydrogens (tertiary/aromatic N) is 3. The first-order valence-corrected chi connectivity index (χ1v) is 10.9. The molecule has 170 valence electrons. The second kappa shape index (κ2) is 10.1. The number of hydrogen-bond acceptors (Lipinski definition) is 6. The number of ether oxygens (including phenoxy) is 2. The van der Waals surface area contributed by atoms with Crippen LogP contribution in [0.3, 0.4) is 0 Å². The molecule has 0 radical (unpaired) electrons. The van der Waals surface area contributed by atoms with Gasteiger partial charge in [0.15, 0.2) is 0 Å². The average Bonchev–Trinajstić information content (AvgIpc) is 3.35. The van der Waals surface area contributed by atoms with Gasteiger partial charge in [-0.2, -0.15) is 5.10 Å². The average molecular weight is 446 g/mol. The highest BCUT2D eigenvalue weighted by molar-refractivity contribution is 5.99. The molecule has 0 saturated carbocycles. The zero-order chi connectivity index (χ0) is 23.2. The fourth-order valence-electron chi connectivity index (χ4n) is 3.64. The number of carbonyl (C=O) groups excluding carboxylic acids is 1. The van der Waals surface area contributed by atoms with Gasteiger partial charge < -0.3 is 14.8 Å². The molecule has 1 aromatic carbocycles. The van der Waals surface area contributed by atoms with Gasteiger partial charge in [-0.3, -0.25) is 9.89 Å². The number of nitrogens with one attached hydrogen (secondary N) is 2. The highest BCUT2D eigenvalue weighted by atomic mass is 16.5. The quantitative estimate of drug-likeness (QED) is 0.376. The minimum Gasteiger partial charge on any atom is -0.493 e. The number of carbonyl (C=O) groups is 1. The summed E-state index contributed by atoms with van der Waals surface area (Å²) in [5.41, 5.74) is 4.56. The topological polar surface area (TPSA) is 102 Å². The molecule has 4 rings (SSSR count). The zero-order valence-electron chi connectivity index (χ0n) is 19.0. The lowest BCUT2D eigenvalue weighted by atomic mass is 10.1. The van der Waals surface area contributed by atoms with Gasteiger partial charge in [0.1, 0.15) is 5.75 Å². The van der Waals surface area contributed by atoms with Crippen molar-refractivity contribution in [2.45, 2.75) is 26.7 Å². The van der Waals surface area contributed by atoms with Crippen LogP contribution in [-0.4, -0.2) is 46.3 Å². The summed E-state index contributed by atoms with van der Waals surface area (Å²) in [6.45, 7) is 4.93. The lowest BCUT2D eigenvalue weighted by molar-refractivity contribution is 0.0953. The third-order valence-corrected chi connectivity index (χ3v) is 5.27. The molecule has 8 nitrogen and oxygen atoms in total. The molecule has 2 N–H and O–H groups in total. The number of amides is 1. The first kappa shape index (κ1) is 22.3. The molecule has 0 aliphatic carbocycles. The monoisotopic (exact) mass is 445 g/mol. The van der Waals surface area contributed by atoms with Crippen molar-refractivity contribution in [3.8, 4) is 22.9 Å². The van der Waals surface area contributed by atoms with E-state index in [2.05, 4.69) is 20.5 Å². The Bertz CT molecular complexity index is 1250.